The SMILES string of the molecule is [2H]C([2H])([2H])c1cc(-c2cccc3c2oc2nc(-c4c(C)cccc4C)ccc23)ncc1C([2H])(C(C)C)C(C)C. The Balaban J connectivity index is 1.71. The maximum absolute atomic E-state index is 9.28. The number of fused-ring (bicyclic) bond motifs is 3. The molecule has 0 atom stereocenters. The lowest BCUT2D eigenvalue weighted by Crippen LogP contribution is -2.15. The van der Waals surface area contributed by atoms with Gasteiger partial charge in [-0.15, -0.1) is 0 Å². The van der Waals surface area contributed by atoms with Crippen LogP contribution in [0.4, 0.5) is 0 Å². The number of benzene rings is 2. The molecule has 2 aromatic carbocycles. The fourth-order valence-electron chi connectivity index (χ4n) is 5.36. The molecule has 5 aromatic rings. The van der Waals surface area contributed by atoms with Gasteiger partial charge in [0.15, 0.2) is 0 Å². The molecule has 3 heterocycles. The van der Waals surface area contributed by atoms with Gasteiger partial charge in [0.2, 0.25) is 5.71 Å². The van der Waals surface area contributed by atoms with Crippen LogP contribution in [0.2, 0.25) is 0 Å². The van der Waals surface area contributed by atoms with Crippen LogP contribution in [-0.2, 0) is 0 Å². The Bertz CT molecular complexity index is 1670. The van der Waals surface area contributed by atoms with Crippen molar-refractivity contribution in [2.75, 3.05) is 0 Å². The van der Waals surface area contributed by atoms with Gasteiger partial charge in [0, 0.05) is 33.6 Å². The zero-order valence-corrected chi connectivity index (χ0v) is 21.2. The summed E-state index contributed by atoms with van der Waals surface area (Å²) in [5.74, 6) is -1.28. The third-order valence-electron chi connectivity index (χ3n) is 6.84. The first kappa shape index (κ1) is 18.8. The van der Waals surface area contributed by atoms with E-state index in [-0.39, 0.29) is 17.4 Å². The molecule has 3 heteroatoms. The summed E-state index contributed by atoms with van der Waals surface area (Å²) in [5, 5.41) is 1.78. The largest absolute Gasteiger partial charge is 0.437 e. The van der Waals surface area contributed by atoms with Gasteiger partial charge in [-0.05, 0) is 84.9 Å². The standard InChI is InChI=1S/C32H34N2O/c1-18(2)29(19(3)4)26-17-33-28(16-22(26)7)25-13-9-12-23-24-14-15-27(34-32(24)35-31(23)25)30-20(5)10-8-11-21(30)6/h8-19,29H,1-7H3/i7D3,29D. The summed E-state index contributed by atoms with van der Waals surface area (Å²) >= 11 is 0. The zero-order valence-electron chi connectivity index (χ0n) is 25.2. The molecule has 0 radical (unpaired) electrons. The molecule has 0 saturated carbocycles. The van der Waals surface area contributed by atoms with Crippen LogP contribution in [-0.4, -0.2) is 9.97 Å². The second kappa shape index (κ2) is 8.96. The second-order valence-electron chi connectivity index (χ2n) is 9.98. The van der Waals surface area contributed by atoms with Crippen molar-refractivity contribution in [3.63, 3.8) is 0 Å². The first-order valence-corrected chi connectivity index (χ1v) is 12.2. The molecule has 5 rings (SSSR count). The summed E-state index contributed by atoms with van der Waals surface area (Å²) in [6, 6.07) is 17.7. The van der Waals surface area contributed by atoms with E-state index in [1.165, 1.54) is 0 Å². The highest BCUT2D eigenvalue weighted by Crippen LogP contribution is 2.38. The average molecular weight is 467 g/mol. The Kier molecular flexibility index (Phi) is 4.82. The molecule has 0 N–H and O–H groups in total. The van der Waals surface area contributed by atoms with Crippen molar-refractivity contribution < 1.29 is 9.90 Å². The van der Waals surface area contributed by atoms with Crippen molar-refractivity contribution in [2.45, 2.75) is 54.3 Å². The van der Waals surface area contributed by atoms with Crippen molar-refractivity contribution in [3.8, 4) is 22.5 Å². The number of pyridine rings is 2. The quantitative estimate of drug-likeness (QED) is 0.259. The Morgan fingerprint density at radius 1 is 0.829 bits per heavy atom. The Labute approximate surface area is 213 Å². The van der Waals surface area contributed by atoms with E-state index in [1.807, 2.05) is 64.1 Å². The molecule has 0 spiro atoms. The molecule has 0 fully saturated rings. The summed E-state index contributed by atoms with van der Waals surface area (Å²) < 4.78 is 40.6. The second-order valence-corrected chi connectivity index (χ2v) is 9.98. The first-order valence-electron chi connectivity index (χ1n) is 14.2. The molecule has 3 aromatic heterocycles. The third-order valence-corrected chi connectivity index (χ3v) is 6.84. The van der Waals surface area contributed by atoms with Crippen LogP contribution >= 0.6 is 0 Å². The molecule has 0 amide bonds. The summed E-state index contributed by atoms with van der Waals surface area (Å²) in [4.78, 5) is 9.59. The van der Waals surface area contributed by atoms with Gasteiger partial charge >= 0.3 is 0 Å². The molecule has 0 unspecified atom stereocenters. The molecule has 0 bridgehead atoms. The maximum atomic E-state index is 9.28. The van der Waals surface area contributed by atoms with Crippen molar-refractivity contribution in [1.82, 2.24) is 9.97 Å². The van der Waals surface area contributed by atoms with Gasteiger partial charge in [0.25, 0.3) is 0 Å². The van der Waals surface area contributed by atoms with Crippen LogP contribution < -0.4 is 0 Å². The van der Waals surface area contributed by atoms with Crippen LogP contribution in [0, 0.1) is 32.5 Å². The highest BCUT2D eigenvalue weighted by molar-refractivity contribution is 6.08. The number of aromatic nitrogens is 2. The van der Waals surface area contributed by atoms with Gasteiger partial charge < -0.3 is 4.42 Å². The normalized spacial score (nSPS) is 14.4. The molecular formula is C32H34N2O. The van der Waals surface area contributed by atoms with Gasteiger partial charge in [0.1, 0.15) is 5.58 Å². The number of aryl methyl sites for hydroxylation is 3. The summed E-state index contributed by atoms with van der Waals surface area (Å²) in [5.41, 5.74) is 7.17. The van der Waals surface area contributed by atoms with Crippen molar-refractivity contribution in [3.05, 3.63) is 83.0 Å². The molecule has 178 valence electrons. The van der Waals surface area contributed by atoms with Gasteiger partial charge in [-0.25, -0.2) is 4.98 Å². The van der Waals surface area contributed by atoms with E-state index in [1.54, 1.807) is 12.3 Å². The lowest BCUT2D eigenvalue weighted by atomic mass is 9.79. The molecule has 0 aliphatic carbocycles. The highest BCUT2D eigenvalue weighted by Gasteiger charge is 2.23. The zero-order chi connectivity index (χ0) is 28.3. The van der Waals surface area contributed by atoms with Crippen LogP contribution in [0.25, 0.3) is 44.6 Å². The average Bonchev–Trinajstić information content (AvgIpc) is 3.25. The van der Waals surface area contributed by atoms with E-state index in [4.69, 9.17) is 18.5 Å². The van der Waals surface area contributed by atoms with E-state index in [9.17, 15) is 1.37 Å². The molecular weight excluding hydrogens is 428 g/mol. The fraction of sp³-hybridized carbons (Fsp3) is 0.312. The monoisotopic (exact) mass is 466 g/mol. The van der Waals surface area contributed by atoms with Gasteiger partial charge in [0.05, 0.1) is 11.4 Å². The van der Waals surface area contributed by atoms with Crippen molar-refractivity contribution in [2.24, 2.45) is 11.8 Å². The van der Waals surface area contributed by atoms with Gasteiger partial charge in [-0.1, -0.05) is 58.0 Å². The minimum Gasteiger partial charge on any atom is -0.437 e. The Morgan fingerprint density at radius 3 is 2.23 bits per heavy atom. The van der Waals surface area contributed by atoms with E-state index < -0.39 is 12.7 Å². The minimum atomic E-state index is -2.40. The Hall–Kier alpha value is -3.46. The minimum absolute atomic E-state index is 0.0952. The first-order chi connectivity index (χ1) is 18.3. The molecule has 0 aliphatic heterocycles. The van der Waals surface area contributed by atoms with Crippen LogP contribution in [0.5, 0.6) is 0 Å². The molecule has 3 nitrogen and oxygen atoms in total. The molecule has 0 aliphatic rings. The lowest BCUT2D eigenvalue weighted by molar-refractivity contribution is 0.385. The summed E-state index contributed by atoms with van der Waals surface area (Å²) in [6.07, 6.45) is 1.59. The number of nitrogens with zero attached hydrogens (tertiary/aromatic N) is 2. The summed E-state index contributed by atoms with van der Waals surface area (Å²) in [6.45, 7) is 9.59. The van der Waals surface area contributed by atoms with Crippen LogP contribution in [0.3, 0.4) is 0 Å². The molecule has 0 saturated heterocycles. The number of hydrogen-bond donors (Lipinski definition) is 0. The van der Waals surface area contributed by atoms with Crippen LogP contribution in [0.15, 0.2) is 65.2 Å². The smallest absolute Gasteiger partial charge is 0.227 e. The fourth-order valence-corrected chi connectivity index (χ4v) is 5.36. The third kappa shape index (κ3) is 4.03. The van der Waals surface area contributed by atoms with Crippen LogP contribution in [0.1, 0.15) is 61.3 Å². The van der Waals surface area contributed by atoms with E-state index in [2.05, 4.69) is 26.0 Å². The van der Waals surface area contributed by atoms with Crippen molar-refractivity contribution in [1.29, 1.82) is 0 Å². The number of para-hydroxylation sites is 1. The van der Waals surface area contributed by atoms with E-state index in [0.29, 0.717) is 28.1 Å². The Morgan fingerprint density at radius 2 is 1.54 bits per heavy atom. The number of furan rings is 1. The van der Waals surface area contributed by atoms with E-state index in [0.717, 1.165) is 33.2 Å². The lowest BCUT2D eigenvalue weighted by Gasteiger charge is -2.26. The van der Waals surface area contributed by atoms with E-state index >= 15 is 0 Å². The van der Waals surface area contributed by atoms with Gasteiger partial charge in [-0.3, -0.25) is 4.98 Å². The number of rotatable bonds is 5. The highest BCUT2D eigenvalue weighted by atomic mass is 16.3. The predicted molar refractivity (Wildman–Crippen MR) is 147 cm³/mol. The topological polar surface area (TPSA) is 38.9 Å². The number of hydrogen-bond acceptors (Lipinski definition) is 3. The van der Waals surface area contributed by atoms with Crippen molar-refractivity contribution >= 4 is 22.1 Å². The predicted octanol–water partition coefficient (Wildman–Crippen LogP) is 9.03. The summed E-state index contributed by atoms with van der Waals surface area (Å²) in [7, 11) is 0. The maximum Gasteiger partial charge on any atom is 0.227 e. The van der Waals surface area contributed by atoms with Gasteiger partial charge in [-0.2, -0.15) is 0 Å². The molecule has 35 heavy (non-hydrogen) atoms.